The first-order valence-corrected chi connectivity index (χ1v) is 4.66. The highest BCUT2D eigenvalue weighted by Crippen LogP contribution is 2.29. The number of halogens is 1. The number of nitrogens with zero attached hydrogens (tertiary/aromatic N) is 2. The van der Waals surface area contributed by atoms with Gasteiger partial charge in [0.25, 0.3) is 0 Å². The van der Waals surface area contributed by atoms with Gasteiger partial charge in [-0.1, -0.05) is 0 Å². The van der Waals surface area contributed by atoms with E-state index in [9.17, 15) is 0 Å². The summed E-state index contributed by atoms with van der Waals surface area (Å²) in [6, 6.07) is 3.56. The van der Waals surface area contributed by atoms with Crippen LogP contribution < -0.4 is 9.47 Å². The molecule has 4 nitrogen and oxygen atoms in total. The fourth-order valence-electron chi connectivity index (χ4n) is 1.34. The largest absolute Gasteiger partial charge is 0.497 e. The van der Waals surface area contributed by atoms with Crippen LogP contribution in [0.15, 0.2) is 18.3 Å². The molecule has 0 bridgehead atoms. The van der Waals surface area contributed by atoms with Gasteiger partial charge in [-0.25, -0.2) is 9.97 Å². The van der Waals surface area contributed by atoms with E-state index < -0.39 is 0 Å². The van der Waals surface area contributed by atoms with E-state index >= 15 is 0 Å². The molecule has 2 aromatic rings. The zero-order chi connectivity index (χ0) is 10.8. The van der Waals surface area contributed by atoms with E-state index in [0.717, 1.165) is 5.39 Å². The summed E-state index contributed by atoms with van der Waals surface area (Å²) in [5.41, 5.74) is 0.700. The molecule has 0 aliphatic carbocycles. The molecule has 2 rings (SSSR count). The topological polar surface area (TPSA) is 44.2 Å². The molecule has 0 spiro atoms. The van der Waals surface area contributed by atoms with E-state index in [1.54, 1.807) is 32.5 Å². The quantitative estimate of drug-likeness (QED) is 0.735. The van der Waals surface area contributed by atoms with E-state index in [2.05, 4.69) is 9.97 Å². The minimum Gasteiger partial charge on any atom is -0.497 e. The van der Waals surface area contributed by atoms with Crippen molar-refractivity contribution in [2.75, 3.05) is 14.2 Å². The Hall–Kier alpha value is -1.55. The molecule has 0 saturated carbocycles. The van der Waals surface area contributed by atoms with Crippen molar-refractivity contribution in [2.45, 2.75) is 0 Å². The van der Waals surface area contributed by atoms with Gasteiger partial charge in [-0.3, -0.25) is 0 Å². The number of fused-ring (bicyclic) bond motifs is 1. The first-order valence-electron chi connectivity index (χ1n) is 4.29. The molecule has 1 aromatic carbocycles. The first-order chi connectivity index (χ1) is 7.24. The van der Waals surface area contributed by atoms with Crippen LogP contribution in [-0.2, 0) is 0 Å². The summed E-state index contributed by atoms with van der Waals surface area (Å²) in [5.74, 6) is 1.34. The summed E-state index contributed by atoms with van der Waals surface area (Å²) in [5, 5.41) is 1.01. The number of rotatable bonds is 2. The van der Waals surface area contributed by atoms with Crippen LogP contribution in [0.1, 0.15) is 0 Å². The van der Waals surface area contributed by atoms with Gasteiger partial charge in [0.05, 0.1) is 25.1 Å². The lowest BCUT2D eigenvalue weighted by molar-refractivity contribution is 0.397. The molecule has 78 valence electrons. The van der Waals surface area contributed by atoms with E-state index in [1.807, 2.05) is 0 Å². The maximum Gasteiger partial charge on any atom is 0.222 e. The Morgan fingerprint density at radius 1 is 1.20 bits per heavy atom. The standard InChI is InChI=1S/C10H9ClN2O2/c1-14-6-3-8-7(9(4-6)15-2)5-12-10(11)13-8/h3-5H,1-2H3. The van der Waals surface area contributed by atoms with Gasteiger partial charge < -0.3 is 9.47 Å². The Balaban J connectivity index is 2.74. The molecule has 5 heteroatoms. The molecule has 0 saturated heterocycles. The maximum absolute atomic E-state index is 5.71. The molecule has 0 radical (unpaired) electrons. The lowest BCUT2D eigenvalue weighted by Gasteiger charge is -2.07. The van der Waals surface area contributed by atoms with Gasteiger partial charge in [-0.2, -0.15) is 0 Å². The summed E-state index contributed by atoms with van der Waals surface area (Å²) in [6.45, 7) is 0. The highest BCUT2D eigenvalue weighted by atomic mass is 35.5. The van der Waals surface area contributed by atoms with E-state index in [-0.39, 0.29) is 5.28 Å². The lowest BCUT2D eigenvalue weighted by atomic mass is 10.2. The maximum atomic E-state index is 5.71. The zero-order valence-electron chi connectivity index (χ0n) is 8.32. The lowest BCUT2D eigenvalue weighted by Crippen LogP contribution is -1.91. The second kappa shape index (κ2) is 3.90. The smallest absolute Gasteiger partial charge is 0.222 e. The van der Waals surface area contributed by atoms with E-state index in [4.69, 9.17) is 21.1 Å². The molecule has 0 fully saturated rings. The van der Waals surface area contributed by atoms with Crippen molar-refractivity contribution in [3.05, 3.63) is 23.6 Å². The molecule has 1 heterocycles. The van der Waals surface area contributed by atoms with Crippen molar-refractivity contribution in [3.8, 4) is 11.5 Å². The molecule has 0 amide bonds. The average Bonchev–Trinajstić information content (AvgIpc) is 2.26. The summed E-state index contributed by atoms with van der Waals surface area (Å²) in [7, 11) is 3.17. The summed E-state index contributed by atoms with van der Waals surface area (Å²) in [6.07, 6.45) is 1.63. The third-order valence-corrected chi connectivity index (χ3v) is 2.24. The second-order valence-electron chi connectivity index (χ2n) is 2.90. The predicted octanol–water partition coefficient (Wildman–Crippen LogP) is 2.30. The zero-order valence-corrected chi connectivity index (χ0v) is 9.08. The van der Waals surface area contributed by atoms with Gasteiger partial charge in [0.15, 0.2) is 0 Å². The normalized spacial score (nSPS) is 10.3. The molecule has 0 aliphatic heterocycles. The Bertz CT molecular complexity index is 502. The number of ether oxygens (including phenoxy) is 2. The van der Waals surface area contributed by atoms with Crippen molar-refractivity contribution in [1.29, 1.82) is 0 Å². The monoisotopic (exact) mass is 224 g/mol. The molecule has 0 N–H and O–H groups in total. The molecule has 0 atom stereocenters. The number of aromatic nitrogens is 2. The number of methoxy groups -OCH3 is 2. The van der Waals surface area contributed by atoms with Crippen LogP contribution in [0.3, 0.4) is 0 Å². The third kappa shape index (κ3) is 1.80. The molecular weight excluding hydrogens is 216 g/mol. The molecular formula is C10H9ClN2O2. The van der Waals surface area contributed by atoms with Crippen molar-refractivity contribution in [2.24, 2.45) is 0 Å². The molecule has 0 unspecified atom stereocenters. The predicted molar refractivity (Wildman–Crippen MR) is 57.7 cm³/mol. The van der Waals surface area contributed by atoms with Gasteiger partial charge in [0.2, 0.25) is 5.28 Å². The Morgan fingerprint density at radius 3 is 2.67 bits per heavy atom. The van der Waals surface area contributed by atoms with Crippen LogP contribution >= 0.6 is 11.6 Å². The van der Waals surface area contributed by atoms with Crippen LogP contribution in [0.5, 0.6) is 11.5 Å². The minimum atomic E-state index is 0.206. The number of hydrogen-bond acceptors (Lipinski definition) is 4. The van der Waals surface area contributed by atoms with Crippen molar-refractivity contribution >= 4 is 22.5 Å². The minimum absolute atomic E-state index is 0.206. The van der Waals surface area contributed by atoms with Gasteiger partial charge in [0, 0.05) is 18.3 Å². The summed E-state index contributed by atoms with van der Waals surface area (Å²) in [4.78, 5) is 7.99. The molecule has 0 aliphatic rings. The molecule has 1 aromatic heterocycles. The fourth-order valence-corrected chi connectivity index (χ4v) is 1.48. The van der Waals surface area contributed by atoms with Gasteiger partial charge in [-0.15, -0.1) is 0 Å². The number of benzene rings is 1. The van der Waals surface area contributed by atoms with Gasteiger partial charge in [0.1, 0.15) is 11.5 Å². The van der Waals surface area contributed by atoms with Crippen LogP contribution in [0.2, 0.25) is 5.28 Å². The van der Waals surface area contributed by atoms with Gasteiger partial charge in [-0.05, 0) is 11.6 Å². The Kier molecular flexibility index (Phi) is 2.60. The summed E-state index contributed by atoms with van der Waals surface area (Å²) >= 11 is 5.71. The van der Waals surface area contributed by atoms with Crippen LogP contribution in [0.4, 0.5) is 0 Å². The van der Waals surface area contributed by atoms with Crippen LogP contribution in [-0.4, -0.2) is 24.2 Å². The van der Waals surface area contributed by atoms with Gasteiger partial charge >= 0.3 is 0 Å². The summed E-state index contributed by atoms with van der Waals surface area (Å²) < 4.78 is 10.3. The highest BCUT2D eigenvalue weighted by Gasteiger charge is 2.07. The van der Waals surface area contributed by atoms with Crippen LogP contribution in [0, 0.1) is 0 Å². The second-order valence-corrected chi connectivity index (χ2v) is 3.24. The highest BCUT2D eigenvalue weighted by molar-refractivity contribution is 6.28. The average molecular weight is 225 g/mol. The first kappa shape index (κ1) is 9.98. The Morgan fingerprint density at radius 2 is 2.00 bits per heavy atom. The SMILES string of the molecule is COc1cc(OC)c2cnc(Cl)nc2c1. The Labute approximate surface area is 91.8 Å². The molecule has 15 heavy (non-hydrogen) atoms. The van der Waals surface area contributed by atoms with Crippen LogP contribution in [0.25, 0.3) is 10.9 Å². The fraction of sp³-hybridized carbons (Fsp3) is 0.200. The third-order valence-electron chi connectivity index (χ3n) is 2.06. The van der Waals surface area contributed by atoms with Crippen molar-refractivity contribution < 1.29 is 9.47 Å². The number of hydrogen-bond donors (Lipinski definition) is 0. The van der Waals surface area contributed by atoms with E-state index in [0.29, 0.717) is 17.0 Å². The van der Waals surface area contributed by atoms with Crippen molar-refractivity contribution in [3.63, 3.8) is 0 Å². The van der Waals surface area contributed by atoms with E-state index in [1.165, 1.54) is 0 Å². The van der Waals surface area contributed by atoms with Crippen molar-refractivity contribution in [1.82, 2.24) is 9.97 Å².